The third kappa shape index (κ3) is 2.32. The fraction of sp³-hybridized carbons (Fsp3) is 0.375. The number of rotatable bonds is 2. The first-order valence-electron chi connectivity index (χ1n) is 11.1. The molecule has 1 N–H and O–H groups in total. The van der Waals surface area contributed by atoms with Crippen LogP contribution in [0.4, 0.5) is 17.1 Å². The maximum absolute atomic E-state index is 14.0. The molecule has 2 aromatic carbocycles. The van der Waals surface area contributed by atoms with Gasteiger partial charge in [0.25, 0.3) is 5.69 Å². The van der Waals surface area contributed by atoms with Gasteiger partial charge in [-0.3, -0.25) is 29.4 Å². The summed E-state index contributed by atoms with van der Waals surface area (Å²) in [5.41, 5.74) is 1.90. The Balaban J connectivity index is 1.53. The Bertz CT molecular complexity index is 1290. The number of benzene rings is 2. The zero-order valence-corrected chi connectivity index (χ0v) is 18.2. The molecule has 2 aromatic rings. The number of imide groups is 1. The first-order valence-corrected chi connectivity index (χ1v) is 11.1. The molecule has 9 nitrogen and oxygen atoms in total. The van der Waals surface area contributed by atoms with Gasteiger partial charge in [0.2, 0.25) is 17.7 Å². The summed E-state index contributed by atoms with van der Waals surface area (Å²) in [6.45, 7) is 4.24. The van der Waals surface area contributed by atoms with E-state index in [1.807, 2.05) is 25.1 Å². The summed E-state index contributed by atoms with van der Waals surface area (Å²) < 4.78 is 0. The van der Waals surface area contributed by atoms with E-state index in [9.17, 15) is 24.5 Å². The SMILES string of the molecule is Cc1ccc2c(c1)[C@]1(C(=O)N2)[C@@H]2C(=O)N(c3ccc([N+](=O)[O-])cc3C)C(=O)[C@H]2[C@H]2CCCN21. The summed E-state index contributed by atoms with van der Waals surface area (Å²) in [6, 6.07) is 9.64. The van der Waals surface area contributed by atoms with Gasteiger partial charge in [-0.05, 0) is 50.9 Å². The average molecular weight is 446 g/mol. The summed E-state index contributed by atoms with van der Waals surface area (Å²) in [5.74, 6) is -2.48. The van der Waals surface area contributed by atoms with E-state index in [-0.39, 0.29) is 23.5 Å². The van der Waals surface area contributed by atoms with Crippen LogP contribution >= 0.6 is 0 Å². The topological polar surface area (TPSA) is 113 Å². The van der Waals surface area contributed by atoms with Gasteiger partial charge < -0.3 is 5.32 Å². The second kappa shape index (κ2) is 6.48. The number of nitro groups is 1. The minimum absolute atomic E-state index is 0.103. The summed E-state index contributed by atoms with van der Waals surface area (Å²) in [4.78, 5) is 55.2. The van der Waals surface area contributed by atoms with Crippen molar-refractivity contribution in [3.63, 3.8) is 0 Å². The first kappa shape index (κ1) is 20.0. The molecule has 3 fully saturated rings. The van der Waals surface area contributed by atoms with Gasteiger partial charge in [0.05, 0.1) is 22.4 Å². The van der Waals surface area contributed by atoms with Crippen LogP contribution in [-0.4, -0.2) is 40.1 Å². The van der Waals surface area contributed by atoms with E-state index >= 15 is 0 Å². The lowest BCUT2D eigenvalue weighted by Crippen LogP contribution is -2.54. The number of hydrogen-bond acceptors (Lipinski definition) is 6. The third-order valence-electron chi connectivity index (χ3n) is 7.78. The molecule has 9 heteroatoms. The molecule has 0 saturated carbocycles. The van der Waals surface area contributed by atoms with E-state index in [2.05, 4.69) is 10.2 Å². The number of carbonyl (C=O) groups is 3. The third-order valence-corrected chi connectivity index (χ3v) is 7.78. The van der Waals surface area contributed by atoms with Gasteiger partial charge >= 0.3 is 0 Å². The monoisotopic (exact) mass is 446 g/mol. The molecule has 0 aromatic heterocycles. The lowest BCUT2D eigenvalue weighted by molar-refractivity contribution is -0.384. The molecule has 4 aliphatic heterocycles. The van der Waals surface area contributed by atoms with Crippen LogP contribution in [0.2, 0.25) is 0 Å². The molecule has 0 aliphatic carbocycles. The molecule has 0 unspecified atom stereocenters. The zero-order valence-electron chi connectivity index (χ0n) is 18.2. The lowest BCUT2D eigenvalue weighted by atomic mass is 9.75. The number of amides is 3. The predicted molar refractivity (Wildman–Crippen MR) is 119 cm³/mol. The first-order chi connectivity index (χ1) is 15.8. The van der Waals surface area contributed by atoms with Gasteiger partial charge in [0, 0.05) is 29.4 Å². The van der Waals surface area contributed by atoms with E-state index < -0.39 is 28.2 Å². The fourth-order valence-electron chi connectivity index (χ4n) is 6.56. The van der Waals surface area contributed by atoms with Crippen molar-refractivity contribution >= 4 is 34.8 Å². The van der Waals surface area contributed by atoms with Crippen LogP contribution in [0.5, 0.6) is 0 Å². The van der Waals surface area contributed by atoms with Gasteiger partial charge in [0.15, 0.2) is 0 Å². The molecule has 3 saturated heterocycles. The molecule has 4 atom stereocenters. The Kier molecular flexibility index (Phi) is 3.93. The van der Waals surface area contributed by atoms with Gasteiger partial charge in [-0.2, -0.15) is 0 Å². The molecule has 4 heterocycles. The number of nitrogens with one attached hydrogen (secondary N) is 1. The Morgan fingerprint density at radius 1 is 1.09 bits per heavy atom. The van der Waals surface area contributed by atoms with E-state index in [0.717, 1.165) is 28.9 Å². The maximum atomic E-state index is 14.0. The van der Waals surface area contributed by atoms with Crippen molar-refractivity contribution in [2.45, 2.75) is 38.3 Å². The highest BCUT2D eigenvalue weighted by Gasteiger charge is 2.74. The van der Waals surface area contributed by atoms with Crippen LogP contribution in [0.25, 0.3) is 0 Å². The Morgan fingerprint density at radius 3 is 2.61 bits per heavy atom. The lowest BCUT2D eigenvalue weighted by Gasteiger charge is -2.36. The van der Waals surface area contributed by atoms with Gasteiger partial charge in [-0.15, -0.1) is 0 Å². The highest BCUT2D eigenvalue weighted by atomic mass is 16.6. The van der Waals surface area contributed by atoms with Crippen LogP contribution in [0, 0.1) is 35.8 Å². The average Bonchev–Trinajstić information content (AvgIpc) is 3.47. The molecule has 168 valence electrons. The molecule has 1 spiro atoms. The second-order valence-electron chi connectivity index (χ2n) is 9.42. The summed E-state index contributed by atoms with van der Waals surface area (Å²) >= 11 is 0. The Hall–Kier alpha value is -3.59. The highest BCUT2D eigenvalue weighted by molar-refractivity contribution is 6.26. The van der Waals surface area contributed by atoms with Gasteiger partial charge in [-0.25, -0.2) is 4.90 Å². The molecule has 33 heavy (non-hydrogen) atoms. The van der Waals surface area contributed by atoms with Crippen molar-refractivity contribution in [2.24, 2.45) is 11.8 Å². The minimum Gasteiger partial charge on any atom is -0.324 e. The highest BCUT2D eigenvalue weighted by Crippen LogP contribution is 2.60. The van der Waals surface area contributed by atoms with Crippen LogP contribution in [0.3, 0.4) is 0 Å². The van der Waals surface area contributed by atoms with Crippen LogP contribution < -0.4 is 10.2 Å². The van der Waals surface area contributed by atoms with Gasteiger partial charge in [0.1, 0.15) is 5.54 Å². The molecule has 3 amide bonds. The quantitative estimate of drug-likeness (QED) is 0.431. The van der Waals surface area contributed by atoms with Crippen molar-refractivity contribution in [3.8, 4) is 0 Å². The molecule has 4 aliphatic rings. The number of anilines is 2. The number of nitrogens with zero attached hydrogens (tertiary/aromatic N) is 3. The summed E-state index contributed by atoms with van der Waals surface area (Å²) in [7, 11) is 0. The number of hydrogen-bond donors (Lipinski definition) is 1. The Labute approximate surface area is 189 Å². The zero-order chi connectivity index (χ0) is 23.2. The Morgan fingerprint density at radius 2 is 1.88 bits per heavy atom. The predicted octanol–water partition coefficient (Wildman–Crippen LogP) is 2.64. The summed E-state index contributed by atoms with van der Waals surface area (Å²) in [6.07, 6.45) is 1.59. The molecular formula is C24H22N4O5. The molecular weight excluding hydrogens is 424 g/mol. The number of nitro benzene ring substituents is 1. The van der Waals surface area contributed by atoms with Crippen molar-refractivity contribution in [2.75, 3.05) is 16.8 Å². The molecule has 0 bridgehead atoms. The van der Waals surface area contributed by atoms with E-state index in [4.69, 9.17) is 0 Å². The second-order valence-corrected chi connectivity index (χ2v) is 9.42. The van der Waals surface area contributed by atoms with Gasteiger partial charge in [-0.1, -0.05) is 17.7 Å². The number of non-ortho nitro benzene ring substituents is 1. The van der Waals surface area contributed by atoms with E-state index in [1.165, 1.54) is 18.2 Å². The largest absolute Gasteiger partial charge is 0.324 e. The van der Waals surface area contributed by atoms with Crippen molar-refractivity contribution < 1.29 is 19.3 Å². The van der Waals surface area contributed by atoms with Crippen LogP contribution in [0.1, 0.15) is 29.5 Å². The summed E-state index contributed by atoms with van der Waals surface area (Å²) in [5, 5.41) is 14.1. The fourth-order valence-corrected chi connectivity index (χ4v) is 6.56. The van der Waals surface area contributed by atoms with Crippen molar-refractivity contribution in [1.29, 1.82) is 0 Å². The normalized spacial score (nSPS) is 30.1. The van der Waals surface area contributed by atoms with Crippen LogP contribution in [-0.2, 0) is 19.9 Å². The number of fused-ring (bicyclic) bond motifs is 7. The number of carbonyl (C=O) groups excluding carboxylic acids is 3. The molecule has 0 radical (unpaired) electrons. The molecule has 6 rings (SSSR count). The van der Waals surface area contributed by atoms with Crippen LogP contribution in [0.15, 0.2) is 36.4 Å². The number of aryl methyl sites for hydroxylation is 2. The standard InChI is InChI=1S/C24H22N4O5/c1-12-5-7-16-15(10-12)24(23(31)25-16)20-19(18-4-3-9-26(18)24)21(29)27(22(20)30)17-8-6-14(28(32)33)11-13(17)2/h5-8,10-11,18-20H,3-4,9H2,1-2H3,(H,25,31)/t18-,19+,20+,24-/m1/s1. The van der Waals surface area contributed by atoms with Crippen molar-refractivity contribution in [1.82, 2.24) is 4.90 Å². The van der Waals surface area contributed by atoms with E-state index in [0.29, 0.717) is 23.5 Å². The van der Waals surface area contributed by atoms with Crippen molar-refractivity contribution in [3.05, 3.63) is 63.2 Å². The van der Waals surface area contributed by atoms with E-state index in [1.54, 1.807) is 6.92 Å². The maximum Gasteiger partial charge on any atom is 0.269 e. The minimum atomic E-state index is -1.22. The smallest absolute Gasteiger partial charge is 0.269 e.